The van der Waals surface area contributed by atoms with Crippen LogP contribution in [-0.4, -0.2) is 53.1 Å². The molecule has 0 radical (unpaired) electrons. The lowest BCUT2D eigenvalue weighted by Crippen LogP contribution is -2.44. The summed E-state index contributed by atoms with van der Waals surface area (Å²) in [5.74, 6) is -0.171. The van der Waals surface area contributed by atoms with Gasteiger partial charge in [-0.15, -0.1) is 0 Å². The van der Waals surface area contributed by atoms with E-state index in [1.54, 1.807) is 30.3 Å². The molecule has 17 heteroatoms. The van der Waals surface area contributed by atoms with Crippen LogP contribution in [0.5, 0.6) is 0 Å². The van der Waals surface area contributed by atoms with E-state index in [4.69, 9.17) is 10.5 Å². The number of aromatic nitrogens is 4. The molecule has 1 atom stereocenters. The van der Waals surface area contributed by atoms with Gasteiger partial charge in [-0.25, -0.2) is 9.97 Å². The number of rotatable bonds is 9. The molecule has 0 aliphatic heterocycles. The predicted octanol–water partition coefficient (Wildman–Crippen LogP) is 4.74. The number of fused-ring (bicyclic) bond motifs is 1. The second-order valence-corrected chi connectivity index (χ2v) is 10.8. The molecule has 2 aromatic heterocycles. The second kappa shape index (κ2) is 10.2. The largest absolute Gasteiger partial charge is 0.392 e. The van der Waals surface area contributed by atoms with Gasteiger partial charge < -0.3 is 24.8 Å². The zero-order valence-electron chi connectivity index (χ0n) is 18.4. The number of benzene rings is 1. The molecule has 198 valence electrons. The van der Waals surface area contributed by atoms with Gasteiger partial charge in [-0.3, -0.25) is 4.57 Å². The van der Waals surface area contributed by atoms with Crippen LogP contribution in [0.1, 0.15) is 19.8 Å². The lowest BCUT2D eigenvalue weighted by molar-refractivity contribution is -0.220. The lowest BCUT2D eigenvalue weighted by atomic mass is 10.1. The first-order valence-corrected chi connectivity index (χ1v) is 12.5. The Hall–Kier alpha value is -2.39. The van der Waals surface area contributed by atoms with E-state index in [1.807, 2.05) is 0 Å². The van der Waals surface area contributed by atoms with Gasteiger partial charge in [0, 0.05) is 4.90 Å². The fraction of sp³-hybridized carbons (Fsp3) is 0.421. The quantitative estimate of drug-likeness (QED) is 0.193. The average Bonchev–Trinajstić information content (AvgIpc) is 3.07. The van der Waals surface area contributed by atoms with Gasteiger partial charge in [-0.1, -0.05) is 30.0 Å². The maximum absolute atomic E-state index is 13.1. The molecule has 1 unspecified atom stereocenters. The van der Waals surface area contributed by atoms with Crippen molar-refractivity contribution >= 4 is 36.5 Å². The Morgan fingerprint density at radius 3 is 2.19 bits per heavy atom. The molecule has 36 heavy (non-hydrogen) atoms. The normalized spacial score (nSPS) is 14.4. The van der Waals surface area contributed by atoms with Gasteiger partial charge in [0.25, 0.3) is 0 Å². The van der Waals surface area contributed by atoms with Crippen LogP contribution in [0.4, 0.5) is 32.3 Å². The lowest BCUT2D eigenvalue weighted by Gasteiger charge is -2.37. The summed E-state index contributed by atoms with van der Waals surface area (Å²) in [4.78, 5) is 32.2. The third kappa shape index (κ3) is 7.09. The van der Waals surface area contributed by atoms with Crippen LogP contribution in [0.2, 0.25) is 0 Å². The van der Waals surface area contributed by atoms with Crippen LogP contribution < -0.4 is 5.73 Å². The van der Waals surface area contributed by atoms with Gasteiger partial charge in [0.15, 0.2) is 11.0 Å². The first-order chi connectivity index (χ1) is 16.5. The minimum atomic E-state index is -6.08. The number of anilines is 1. The molecule has 0 aliphatic carbocycles. The molecule has 0 fully saturated rings. The smallest absolute Gasteiger partial charge is 0.368 e. The topological polar surface area (TPSA) is 136 Å². The van der Waals surface area contributed by atoms with E-state index in [-0.39, 0.29) is 17.1 Å². The van der Waals surface area contributed by atoms with Crippen LogP contribution in [-0.2, 0) is 15.8 Å². The van der Waals surface area contributed by atoms with Crippen molar-refractivity contribution in [2.24, 2.45) is 0 Å². The Morgan fingerprint density at radius 1 is 1.08 bits per heavy atom. The number of alkyl halides is 6. The zero-order chi connectivity index (χ0) is 26.9. The Morgan fingerprint density at radius 2 is 1.67 bits per heavy atom. The first-order valence-electron chi connectivity index (χ1n) is 10.1. The molecule has 0 saturated carbocycles. The molecule has 2 heterocycles. The Balaban J connectivity index is 1.94. The summed E-state index contributed by atoms with van der Waals surface area (Å²) in [5, 5.41) is -3.53. The number of nitrogens with zero attached hydrogens (tertiary/aromatic N) is 4. The van der Waals surface area contributed by atoms with Gasteiger partial charge in [-0.05, 0) is 19.1 Å². The molecule has 4 N–H and O–H groups in total. The van der Waals surface area contributed by atoms with E-state index in [9.17, 15) is 40.7 Å². The molecule has 0 aliphatic rings. The molecule has 0 amide bonds. The molecule has 3 aromatic rings. The summed E-state index contributed by atoms with van der Waals surface area (Å²) in [5.41, 5.74) is 6.12. The van der Waals surface area contributed by atoms with E-state index in [2.05, 4.69) is 15.0 Å². The first kappa shape index (κ1) is 28.2. The number of hydrogen-bond donors (Lipinski definition) is 3. The number of halogens is 6. The standard InChI is InChI=1S/C19H20F6N5O4PS/c1-11(34-17(35(31,32)33,8-18(20,21)22)9-19(23,24)25)7-30-10-27-13-14(30)28-16(26)29-15(13)36-12-5-3-2-4-6-12/h2-6,10-11H,7-9H2,1H3,(H2,26,28,29)(H2,31,32,33). The highest BCUT2D eigenvalue weighted by atomic mass is 32.2. The summed E-state index contributed by atoms with van der Waals surface area (Å²) in [6.45, 7) is 0.632. The Kier molecular flexibility index (Phi) is 7.96. The third-order valence-electron chi connectivity index (χ3n) is 4.77. The molecule has 9 nitrogen and oxygen atoms in total. The average molecular weight is 559 g/mol. The highest BCUT2D eigenvalue weighted by molar-refractivity contribution is 7.99. The summed E-state index contributed by atoms with van der Waals surface area (Å²) in [7, 11) is -6.08. The fourth-order valence-corrected chi connectivity index (χ4v) is 5.46. The zero-order valence-corrected chi connectivity index (χ0v) is 20.1. The van der Waals surface area contributed by atoms with Crippen molar-refractivity contribution in [3.05, 3.63) is 36.7 Å². The highest BCUT2D eigenvalue weighted by Crippen LogP contribution is 2.60. The molecule has 0 bridgehead atoms. The van der Waals surface area contributed by atoms with Gasteiger partial charge in [-0.2, -0.15) is 31.3 Å². The van der Waals surface area contributed by atoms with Crippen molar-refractivity contribution < 1.29 is 45.4 Å². The number of ether oxygens (including phenoxy) is 1. The Labute approximate surface area is 204 Å². The van der Waals surface area contributed by atoms with Gasteiger partial charge in [0.05, 0.1) is 31.8 Å². The van der Waals surface area contributed by atoms with Crippen LogP contribution in [0.25, 0.3) is 11.2 Å². The summed E-state index contributed by atoms with van der Waals surface area (Å²) < 4.78 is 96.8. The molecule has 0 saturated heterocycles. The van der Waals surface area contributed by atoms with Crippen molar-refractivity contribution in [1.29, 1.82) is 0 Å². The predicted molar refractivity (Wildman–Crippen MR) is 117 cm³/mol. The van der Waals surface area contributed by atoms with E-state index in [0.717, 1.165) is 11.8 Å². The summed E-state index contributed by atoms with van der Waals surface area (Å²) in [6, 6.07) is 8.97. The molecule has 3 rings (SSSR count). The van der Waals surface area contributed by atoms with Crippen molar-refractivity contribution in [2.45, 2.75) is 60.0 Å². The van der Waals surface area contributed by atoms with Crippen molar-refractivity contribution in [3.63, 3.8) is 0 Å². The van der Waals surface area contributed by atoms with Crippen molar-refractivity contribution in [3.8, 4) is 0 Å². The van der Waals surface area contributed by atoms with Gasteiger partial charge >= 0.3 is 19.9 Å². The summed E-state index contributed by atoms with van der Waals surface area (Å²) >= 11 is 1.20. The van der Waals surface area contributed by atoms with Crippen LogP contribution in [0, 0.1) is 0 Å². The van der Waals surface area contributed by atoms with E-state index >= 15 is 0 Å². The number of hydrogen-bond acceptors (Lipinski definition) is 7. The second-order valence-electron chi connectivity index (χ2n) is 7.87. The maximum Gasteiger partial charge on any atom is 0.392 e. The minimum Gasteiger partial charge on any atom is -0.368 e. The molecular weight excluding hydrogens is 539 g/mol. The molecule has 0 spiro atoms. The minimum absolute atomic E-state index is 0.102. The molecular formula is C19H20F6N5O4PS. The van der Waals surface area contributed by atoms with E-state index < -0.39 is 50.8 Å². The van der Waals surface area contributed by atoms with Gasteiger partial charge in [0.2, 0.25) is 5.95 Å². The number of nitrogen functional groups attached to an aromatic ring is 1. The fourth-order valence-electron chi connectivity index (χ4n) is 3.47. The SMILES string of the molecule is CC(Cn1cnc2c(Sc3ccccc3)nc(N)nc21)OC(CC(F)(F)F)(CC(F)(F)F)P(=O)(O)O. The monoisotopic (exact) mass is 559 g/mol. The third-order valence-corrected chi connectivity index (χ3v) is 7.23. The summed E-state index contributed by atoms with van der Waals surface area (Å²) in [6.07, 6.45) is -16.1. The van der Waals surface area contributed by atoms with Crippen LogP contribution in [0.15, 0.2) is 46.6 Å². The van der Waals surface area contributed by atoms with Crippen LogP contribution >= 0.6 is 19.4 Å². The van der Waals surface area contributed by atoms with Crippen molar-refractivity contribution in [1.82, 2.24) is 19.5 Å². The molecule has 1 aromatic carbocycles. The van der Waals surface area contributed by atoms with Gasteiger partial charge in [0.1, 0.15) is 10.5 Å². The Bertz CT molecular complexity index is 1230. The number of nitrogens with two attached hydrogens (primary N) is 1. The highest BCUT2D eigenvalue weighted by Gasteiger charge is 2.60. The van der Waals surface area contributed by atoms with E-state index in [0.29, 0.717) is 5.03 Å². The number of imidazole rings is 1. The van der Waals surface area contributed by atoms with Crippen molar-refractivity contribution in [2.75, 3.05) is 5.73 Å². The van der Waals surface area contributed by atoms with Crippen LogP contribution in [0.3, 0.4) is 0 Å². The maximum atomic E-state index is 13.1. The van der Waals surface area contributed by atoms with E-state index in [1.165, 1.54) is 22.7 Å².